The number of esters is 1. The molecule has 0 atom stereocenters. The molecule has 1 aromatic carbocycles. The number of amides is 1. The summed E-state index contributed by atoms with van der Waals surface area (Å²) in [6, 6.07) is 11.0. The van der Waals surface area contributed by atoms with E-state index < -0.39 is 5.97 Å². The summed E-state index contributed by atoms with van der Waals surface area (Å²) < 4.78 is 11.7. The molecule has 0 aliphatic rings. The Morgan fingerprint density at radius 1 is 1.08 bits per heavy atom. The Balaban J connectivity index is 2.11. The molecule has 1 amide bonds. The van der Waals surface area contributed by atoms with Crippen molar-refractivity contribution in [2.75, 3.05) is 27.4 Å². The highest BCUT2D eigenvalue weighted by molar-refractivity contribution is 6.12. The lowest BCUT2D eigenvalue weighted by atomic mass is 10.1. The summed E-state index contributed by atoms with van der Waals surface area (Å²) in [6.45, 7) is 0.889. The Morgan fingerprint density at radius 3 is 2.62 bits per heavy atom. The largest absolute Gasteiger partial charge is 0.465 e. The van der Waals surface area contributed by atoms with Crippen LogP contribution in [0.2, 0.25) is 0 Å². The van der Waals surface area contributed by atoms with Crippen LogP contribution in [-0.4, -0.2) is 43.6 Å². The van der Waals surface area contributed by atoms with Crippen LogP contribution >= 0.6 is 0 Å². The van der Waals surface area contributed by atoms with Crippen LogP contribution in [0, 0.1) is 0 Å². The third-order valence-electron chi connectivity index (χ3n) is 3.88. The molecule has 0 radical (unpaired) electrons. The van der Waals surface area contributed by atoms with Crippen molar-refractivity contribution >= 4 is 28.3 Å². The van der Waals surface area contributed by atoms with Crippen molar-refractivity contribution in [1.82, 2.24) is 9.72 Å². The molecule has 0 unspecified atom stereocenters. The van der Waals surface area contributed by atoms with Gasteiger partial charge >= 0.3 is 5.97 Å². The van der Waals surface area contributed by atoms with E-state index in [1.54, 1.807) is 25.4 Å². The highest BCUT2D eigenvalue weighted by atomic mass is 16.5. The first-order chi connectivity index (χ1) is 11.7. The summed E-state index contributed by atoms with van der Waals surface area (Å²) in [4.78, 5) is 24.4. The second-order valence-electron chi connectivity index (χ2n) is 5.31. The van der Waals surface area contributed by atoms with Crippen LogP contribution in [0.15, 0.2) is 42.6 Å². The van der Waals surface area contributed by atoms with Gasteiger partial charge in [0.25, 0.3) is 5.91 Å². The Bertz CT molecular complexity index is 914. The normalized spacial score (nSPS) is 10.9. The van der Waals surface area contributed by atoms with Crippen LogP contribution in [0.25, 0.3) is 16.4 Å². The molecule has 0 fully saturated rings. The number of fused-ring (bicyclic) bond motifs is 3. The number of carbonyl (C=O) groups excluding carboxylic acids is 2. The molecule has 0 saturated carbocycles. The first-order valence-corrected chi connectivity index (χ1v) is 7.55. The number of hydrogen-bond donors (Lipinski definition) is 1. The maximum absolute atomic E-state index is 12.2. The molecule has 2 aromatic heterocycles. The molecule has 0 spiro atoms. The highest BCUT2D eigenvalue weighted by Crippen LogP contribution is 2.27. The van der Waals surface area contributed by atoms with Gasteiger partial charge in [0.15, 0.2) is 0 Å². The van der Waals surface area contributed by atoms with Crippen LogP contribution in [0.4, 0.5) is 0 Å². The highest BCUT2D eigenvalue weighted by Gasteiger charge is 2.19. The van der Waals surface area contributed by atoms with Crippen molar-refractivity contribution < 1.29 is 19.1 Å². The number of benzene rings is 1. The molecular weight excluding hydrogens is 308 g/mol. The van der Waals surface area contributed by atoms with Crippen molar-refractivity contribution in [3.05, 3.63) is 53.7 Å². The van der Waals surface area contributed by atoms with Crippen molar-refractivity contribution in [1.29, 1.82) is 0 Å². The van der Waals surface area contributed by atoms with E-state index in [4.69, 9.17) is 9.47 Å². The average Bonchev–Trinajstić information content (AvgIpc) is 2.95. The fourth-order valence-electron chi connectivity index (χ4n) is 2.76. The molecule has 0 aliphatic heterocycles. The molecule has 124 valence electrons. The fraction of sp³-hybridized carbons (Fsp3) is 0.222. The predicted molar refractivity (Wildman–Crippen MR) is 90.5 cm³/mol. The van der Waals surface area contributed by atoms with Crippen LogP contribution in [0.3, 0.4) is 0 Å². The van der Waals surface area contributed by atoms with Gasteiger partial charge in [-0.25, -0.2) is 4.79 Å². The fourth-order valence-corrected chi connectivity index (χ4v) is 2.76. The van der Waals surface area contributed by atoms with E-state index in [1.807, 2.05) is 28.7 Å². The van der Waals surface area contributed by atoms with E-state index >= 15 is 0 Å². The van der Waals surface area contributed by atoms with E-state index in [1.165, 1.54) is 7.11 Å². The first kappa shape index (κ1) is 16.0. The first-order valence-electron chi connectivity index (χ1n) is 7.55. The Hall–Kier alpha value is -2.86. The molecule has 3 rings (SSSR count). The van der Waals surface area contributed by atoms with Crippen molar-refractivity contribution in [2.45, 2.75) is 0 Å². The van der Waals surface area contributed by atoms with E-state index in [9.17, 15) is 9.59 Å². The molecule has 0 aliphatic carbocycles. The van der Waals surface area contributed by atoms with Gasteiger partial charge in [0.05, 0.1) is 35.9 Å². The number of pyridine rings is 1. The second-order valence-corrected chi connectivity index (χ2v) is 5.31. The average molecular weight is 326 g/mol. The van der Waals surface area contributed by atoms with Crippen LogP contribution in [-0.2, 0) is 9.47 Å². The van der Waals surface area contributed by atoms with Gasteiger partial charge in [0.2, 0.25) is 0 Å². The Labute approximate surface area is 139 Å². The summed E-state index contributed by atoms with van der Waals surface area (Å²) in [5.74, 6) is -0.586. The van der Waals surface area contributed by atoms with Gasteiger partial charge in [0.1, 0.15) is 0 Å². The maximum Gasteiger partial charge on any atom is 0.340 e. The SMILES string of the molecule is COCCNC(=O)c1ccc2c(C(=O)OC)c3ccccc3n2c1. The molecule has 3 aromatic rings. The van der Waals surface area contributed by atoms with Gasteiger partial charge in [-0.1, -0.05) is 18.2 Å². The van der Waals surface area contributed by atoms with Crippen molar-refractivity contribution in [2.24, 2.45) is 0 Å². The third kappa shape index (κ3) is 2.72. The molecule has 1 N–H and O–H groups in total. The van der Waals surface area contributed by atoms with Gasteiger partial charge in [-0.05, 0) is 18.2 Å². The molecule has 0 bridgehead atoms. The van der Waals surface area contributed by atoms with Gasteiger partial charge in [-0.15, -0.1) is 0 Å². The van der Waals surface area contributed by atoms with E-state index in [2.05, 4.69) is 5.32 Å². The standard InChI is InChI=1S/C18H18N2O4/c1-23-10-9-19-17(21)12-7-8-15-16(18(22)24-2)13-5-3-4-6-14(13)20(15)11-12/h3-8,11H,9-10H2,1-2H3,(H,19,21). The zero-order valence-electron chi connectivity index (χ0n) is 13.5. The zero-order valence-corrected chi connectivity index (χ0v) is 13.5. The van der Waals surface area contributed by atoms with Crippen LogP contribution < -0.4 is 5.32 Å². The quantitative estimate of drug-likeness (QED) is 0.577. The summed E-state index contributed by atoms with van der Waals surface area (Å²) in [5, 5.41) is 3.58. The van der Waals surface area contributed by atoms with E-state index in [-0.39, 0.29) is 5.91 Å². The number of nitrogens with one attached hydrogen (secondary N) is 1. The minimum Gasteiger partial charge on any atom is -0.465 e. The lowest BCUT2D eigenvalue weighted by molar-refractivity contribution is 0.0605. The van der Waals surface area contributed by atoms with Crippen LogP contribution in [0.1, 0.15) is 20.7 Å². The number of rotatable bonds is 5. The summed E-state index contributed by atoms with van der Waals surface area (Å²) >= 11 is 0. The van der Waals surface area contributed by atoms with Crippen molar-refractivity contribution in [3.8, 4) is 0 Å². The topological polar surface area (TPSA) is 69.0 Å². The Morgan fingerprint density at radius 2 is 1.88 bits per heavy atom. The maximum atomic E-state index is 12.2. The monoisotopic (exact) mass is 326 g/mol. The number of para-hydroxylation sites is 1. The molecule has 6 heteroatoms. The smallest absolute Gasteiger partial charge is 0.340 e. The zero-order chi connectivity index (χ0) is 17.1. The Kier molecular flexibility index (Phi) is 4.48. The van der Waals surface area contributed by atoms with Crippen molar-refractivity contribution in [3.63, 3.8) is 0 Å². The van der Waals surface area contributed by atoms with Crippen LogP contribution in [0.5, 0.6) is 0 Å². The number of ether oxygens (including phenoxy) is 2. The van der Waals surface area contributed by atoms with Gasteiger partial charge in [-0.3, -0.25) is 4.79 Å². The molecule has 2 heterocycles. The number of carbonyl (C=O) groups is 2. The summed E-state index contributed by atoms with van der Waals surface area (Å²) in [6.07, 6.45) is 1.73. The number of methoxy groups -OCH3 is 2. The van der Waals surface area contributed by atoms with E-state index in [0.717, 1.165) is 10.9 Å². The molecular formula is C18H18N2O4. The number of aromatic nitrogens is 1. The molecule has 0 saturated heterocycles. The van der Waals surface area contributed by atoms with Gasteiger partial charge < -0.3 is 19.2 Å². The summed E-state index contributed by atoms with van der Waals surface area (Å²) in [7, 11) is 2.94. The van der Waals surface area contributed by atoms with Gasteiger partial charge in [0, 0.05) is 25.2 Å². The predicted octanol–water partition coefficient (Wildman–Crippen LogP) is 2.26. The lowest BCUT2D eigenvalue weighted by Gasteiger charge is -2.06. The summed E-state index contributed by atoms with van der Waals surface area (Å²) in [5.41, 5.74) is 2.56. The third-order valence-corrected chi connectivity index (χ3v) is 3.88. The minimum absolute atomic E-state index is 0.189. The number of hydrogen-bond acceptors (Lipinski definition) is 4. The second kappa shape index (κ2) is 6.72. The van der Waals surface area contributed by atoms with E-state index in [0.29, 0.717) is 29.8 Å². The van der Waals surface area contributed by atoms with Gasteiger partial charge in [-0.2, -0.15) is 0 Å². The molecule has 24 heavy (non-hydrogen) atoms. The number of nitrogens with zero attached hydrogens (tertiary/aromatic N) is 1. The lowest BCUT2D eigenvalue weighted by Crippen LogP contribution is -2.27. The minimum atomic E-state index is -0.397. The molecule has 6 nitrogen and oxygen atoms in total.